The fraction of sp³-hybridized carbons (Fsp3) is 0.471. The van der Waals surface area contributed by atoms with Gasteiger partial charge in [-0.25, -0.2) is 4.98 Å². The van der Waals surface area contributed by atoms with E-state index in [2.05, 4.69) is 46.4 Å². The van der Waals surface area contributed by atoms with Crippen LogP contribution in [0, 0.1) is 0 Å². The van der Waals surface area contributed by atoms with Crippen LogP contribution in [-0.2, 0) is 6.54 Å². The van der Waals surface area contributed by atoms with Crippen LogP contribution in [-0.4, -0.2) is 55.1 Å². The maximum atomic E-state index is 4.75. The van der Waals surface area contributed by atoms with Gasteiger partial charge >= 0.3 is 0 Å². The average molecular weight is 284 g/mol. The van der Waals surface area contributed by atoms with Gasteiger partial charge in [0, 0.05) is 37.6 Å². The van der Waals surface area contributed by atoms with Crippen LogP contribution in [0.25, 0.3) is 10.9 Å². The highest BCUT2D eigenvalue weighted by molar-refractivity contribution is 5.81. The Kier molecular flexibility index (Phi) is 4.36. The first-order valence-corrected chi connectivity index (χ1v) is 7.73. The summed E-state index contributed by atoms with van der Waals surface area (Å²) in [4.78, 5) is 9.70. The summed E-state index contributed by atoms with van der Waals surface area (Å²) in [5.74, 6) is 1.01. The Bertz CT molecular complexity index is 611. The van der Waals surface area contributed by atoms with Crippen LogP contribution in [0.15, 0.2) is 30.3 Å². The topological polar surface area (TPSA) is 31.4 Å². The van der Waals surface area contributed by atoms with Crippen molar-refractivity contribution in [1.82, 2.24) is 14.8 Å². The van der Waals surface area contributed by atoms with Gasteiger partial charge < -0.3 is 10.2 Å². The van der Waals surface area contributed by atoms with Crippen LogP contribution in [0.4, 0.5) is 5.82 Å². The number of hydrogen-bond acceptors (Lipinski definition) is 4. The van der Waals surface area contributed by atoms with E-state index in [-0.39, 0.29) is 0 Å². The fourth-order valence-electron chi connectivity index (χ4n) is 3.00. The molecule has 0 radical (unpaired) electrons. The third kappa shape index (κ3) is 3.34. The molecule has 0 amide bonds. The Hall–Kier alpha value is -1.65. The highest BCUT2D eigenvalue weighted by Gasteiger charge is 2.14. The molecule has 0 aliphatic carbocycles. The summed E-state index contributed by atoms with van der Waals surface area (Å²) in [6, 6.07) is 10.6. The lowest BCUT2D eigenvalue weighted by Crippen LogP contribution is -2.28. The molecule has 0 bridgehead atoms. The van der Waals surface area contributed by atoms with Crippen LogP contribution >= 0.6 is 0 Å². The van der Waals surface area contributed by atoms with Gasteiger partial charge in [0.2, 0.25) is 0 Å². The number of nitrogens with zero attached hydrogens (tertiary/aromatic N) is 3. The molecule has 1 fully saturated rings. The summed E-state index contributed by atoms with van der Waals surface area (Å²) in [5.41, 5.74) is 2.35. The number of pyridine rings is 1. The van der Waals surface area contributed by atoms with E-state index in [0.717, 1.165) is 31.0 Å². The summed E-state index contributed by atoms with van der Waals surface area (Å²) in [6.45, 7) is 5.62. The molecule has 0 atom stereocenters. The predicted molar refractivity (Wildman–Crippen MR) is 88.7 cm³/mol. The smallest absolute Gasteiger partial charge is 0.130 e. The highest BCUT2D eigenvalue weighted by Crippen LogP contribution is 2.22. The van der Waals surface area contributed by atoms with E-state index in [1.165, 1.54) is 30.5 Å². The van der Waals surface area contributed by atoms with Gasteiger partial charge in [0.25, 0.3) is 0 Å². The van der Waals surface area contributed by atoms with Crippen LogP contribution in [0.3, 0.4) is 0 Å². The van der Waals surface area contributed by atoms with Gasteiger partial charge in [0.1, 0.15) is 5.82 Å². The molecular formula is C17H24N4. The SMILES string of the molecule is CNc1nc2ccccc2cc1CN1CCCN(C)CC1. The monoisotopic (exact) mass is 284 g/mol. The van der Waals surface area contributed by atoms with E-state index >= 15 is 0 Å². The Morgan fingerprint density at radius 2 is 2.00 bits per heavy atom. The van der Waals surface area contributed by atoms with E-state index in [1.54, 1.807) is 0 Å². The number of hydrogen-bond donors (Lipinski definition) is 1. The van der Waals surface area contributed by atoms with Crippen molar-refractivity contribution in [2.45, 2.75) is 13.0 Å². The van der Waals surface area contributed by atoms with Crippen molar-refractivity contribution in [2.24, 2.45) is 0 Å². The molecule has 0 spiro atoms. The number of fused-ring (bicyclic) bond motifs is 1. The van der Waals surface area contributed by atoms with Crippen molar-refractivity contribution >= 4 is 16.7 Å². The Morgan fingerprint density at radius 1 is 1.14 bits per heavy atom. The Morgan fingerprint density at radius 3 is 2.86 bits per heavy atom. The second kappa shape index (κ2) is 6.41. The molecule has 0 saturated carbocycles. The average Bonchev–Trinajstić information content (AvgIpc) is 2.71. The second-order valence-electron chi connectivity index (χ2n) is 5.87. The molecule has 21 heavy (non-hydrogen) atoms. The lowest BCUT2D eigenvalue weighted by Gasteiger charge is -2.21. The summed E-state index contributed by atoms with van der Waals surface area (Å²) in [5, 5.41) is 4.47. The molecule has 1 aromatic carbocycles. The van der Waals surface area contributed by atoms with E-state index in [9.17, 15) is 0 Å². The van der Waals surface area contributed by atoms with Crippen LogP contribution < -0.4 is 5.32 Å². The first-order valence-electron chi connectivity index (χ1n) is 7.73. The number of benzene rings is 1. The molecular weight excluding hydrogens is 260 g/mol. The van der Waals surface area contributed by atoms with E-state index in [0.29, 0.717) is 0 Å². The first kappa shape index (κ1) is 14.3. The molecule has 1 saturated heterocycles. The molecule has 1 N–H and O–H groups in total. The van der Waals surface area contributed by atoms with Crippen molar-refractivity contribution < 1.29 is 0 Å². The number of anilines is 1. The van der Waals surface area contributed by atoms with Gasteiger partial charge in [-0.05, 0) is 38.7 Å². The molecule has 3 rings (SSSR count). The zero-order valence-electron chi connectivity index (χ0n) is 13.0. The quantitative estimate of drug-likeness (QED) is 0.938. The highest BCUT2D eigenvalue weighted by atomic mass is 15.2. The zero-order valence-corrected chi connectivity index (χ0v) is 13.0. The molecule has 2 heterocycles. The van der Waals surface area contributed by atoms with Gasteiger partial charge in [-0.15, -0.1) is 0 Å². The molecule has 2 aromatic rings. The maximum absolute atomic E-state index is 4.75. The summed E-state index contributed by atoms with van der Waals surface area (Å²) in [6.07, 6.45) is 1.24. The van der Waals surface area contributed by atoms with Gasteiger partial charge in [0.05, 0.1) is 5.52 Å². The zero-order chi connectivity index (χ0) is 14.7. The third-order valence-electron chi connectivity index (χ3n) is 4.25. The Balaban J connectivity index is 1.85. The number of likely N-dealkylation sites (N-methyl/N-ethyl adjacent to an activating group) is 1. The molecule has 4 heteroatoms. The van der Waals surface area contributed by atoms with Gasteiger partial charge in [0.15, 0.2) is 0 Å². The summed E-state index contributed by atoms with van der Waals surface area (Å²) >= 11 is 0. The largest absolute Gasteiger partial charge is 0.373 e. The minimum Gasteiger partial charge on any atom is -0.373 e. The molecule has 0 unspecified atom stereocenters. The van der Waals surface area contributed by atoms with Crippen molar-refractivity contribution in [3.63, 3.8) is 0 Å². The van der Waals surface area contributed by atoms with Crippen molar-refractivity contribution in [2.75, 3.05) is 45.6 Å². The second-order valence-corrected chi connectivity index (χ2v) is 5.87. The lowest BCUT2D eigenvalue weighted by atomic mass is 10.1. The van der Waals surface area contributed by atoms with Gasteiger partial charge in [-0.1, -0.05) is 18.2 Å². The number of aromatic nitrogens is 1. The number of para-hydroxylation sites is 1. The van der Waals surface area contributed by atoms with Crippen molar-refractivity contribution in [3.05, 3.63) is 35.9 Å². The summed E-state index contributed by atoms with van der Waals surface area (Å²) < 4.78 is 0. The molecule has 1 aliphatic rings. The van der Waals surface area contributed by atoms with Crippen molar-refractivity contribution in [1.29, 1.82) is 0 Å². The number of nitrogens with one attached hydrogen (secondary N) is 1. The van der Waals surface area contributed by atoms with Gasteiger partial charge in [-0.3, -0.25) is 4.90 Å². The maximum Gasteiger partial charge on any atom is 0.130 e. The summed E-state index contributed by atoms with van der Waals surface area (Å²) in [7, 11) is 4.16. The minimum absolute atomic E-state index is 0.974. The fourth-order valence-corrected chi connectivity index (χ4v) is 3.00. The molecule has 4 nitrogen and oxygen atoms in total. The van der Waals surface area contributed by atoms with E-state index in [4.69, 9.17) is 4.98 Å². The standard InChI is InChI=1S/C17H24N4/c1-18-17-15(12-14-6-3-4-7-16(14)19-17)13-21-9-5-8-20(2)10-11-21/h3-4,6-7,12H,5,8-11,13H2,1-2H3,(H,18,19). The molecule has 1 aliphatic heterocycles. The first-order chi connectivity index (χ1) is 10.3. The normalized spacial score (nSPS) is 17.8. The van der Waals surface area contributed by atoms with Crippen molar-refractivity contribution in [3.8, 4) is 0 Å². The van der Waals surface area contributed by atoms with Crippen LogP contribution in [0.2, 0.25) is 0 Å². The van der Waals surface area contributed by atoms with E-state index in [1.807, 2.05) is 13.1 Å². The lowest BCUT2D eigenvalue weighted by molar-refractivity contribution is 0.269. The molecule has 112 valence electrons. The number of rotatable bonds is 3. The third-order valence-corrected chi connectivity index (χ3v) is 4.25. The minimum atomic E-state index is 0.974. The van der Waals surface area contributed by atoms with Gasteiger partial charge in [-0.2, -0.15) is 0 Å². The Labute approximate surface area is 126 Å². The predicted octanol–water partition coefficient (Wildman–Crippen LogP) is 2.41. The molecule has 1 aromatic heterocycles. The van der Waals surface area contributed by atoms with E-state index < -0.39 is 0 Å². The van der Waals surface area contributed by atoms with Crippen LogP contribution in [0.5, 0.6) is 0 Å². The van der Waals surface area contributed by atoms with Crippen LogP contribution in [0.1, 0.15) is 12.0 Å².